The van der Waals surface area contributed by atoms with Crippen LogP contribution in [0, 0.1) is 0 Å². The zero-order valence-corrected chi connectivity index (χ0v) is 14.1. The van der Waals surface area contributed by atoms with Gasteiger partial charge in [0.15, 0.2) is 0 Å². The minimum absolute atomic E-state index is 0.662. The summed E-state index contributed by atoms with van der Waals surface area (Å²) in [7, 11) is 0. The number of thiazole rings is 1. The van der Waals surface area contributed by atoms with Gasteiger partial charge in [0.05, 0.1) is 5.69 Å². The van der Waals surface area contributed by atoms with Crippen LogP contribution in [0.1, 0.15) is 16.8 Å². The first-order chi connectivity index (χ1) is 11.8. The molecule has 0 atom stereocenters. The summed E-state index contributed by atoms with van der Waals surface area (Å²) in [5.74, 6) is 0. The Balaban J connectivity index is 1.64. The van der Waals surface area contributed by atoms with Crippen molar-refractivity contribution in [3.05, 3.63) is 76.9 Å². The molecule has 0 saturated carbocycles. The topological polar surface area (TPSA) is 54.7 Å². The first kappa shape index (κ1) is 15.1. The van der Waals surface area contributed by atoms with Crippen LogP contribution >= 0.6 is 11.3 Å². The summed E-state index contributed by atoms with van der Waals surface area (Å²) in [5.41, 5.74) is 11.7. The van der Waals surface area contributed by atoms with Crippen molar-refractivity contribution in [2.45, 2.75) is 12.8 Å². The summed E-state index contributed by atoms with van der Waals surface area (Å²) in [6, 6.07) is 17.0. The number of hydrogen-bond donors (Lipinski definition) is 2. The highest BCUT2D eigenvalue weighted by atomic mass is 32.1. The van der Waals surface area contributed by atoms with E-state index in [0.29, 0.717) is 6.54 Å². The van der Waals surface area contributed by atoms with Gasteiger partial charge >= 0.3 is 0 Å². The maximum atomic E-state index is 5.71. The fourth-order valence-electron chi connectivity index (χ4n) is 3.00. The number of hydrogen-bond acceptors (Lipinski definition) is 3. The Bertz CT molecular complexity index is 953. The van der Waals surface area contributed by atoms with E-state index in [1.807, 2.05) is 6.07 Å². The van der Waals surface area contributed by atoms with Crippen LogP contribution in [-0.4, -0.2) is 16.5 Å². The molecule has 0 amide bonds. The van der Waals surface area contributed by atoms with Gasteiger partial charge in [-0.1, -0.05) is 30.3 Å². The van der Waals surface area contributed by atoms with Gasteiger partial charge in [0, 0.05) is 34.5 Å². The van der Waals surface area contributed by atoms with Gasteiger partial charge in [-0.05, 0) is 42.3 Å². The van der Waals surface area contributed by atoms with Crippen molar-refractivity contribution in [1.29, 1.82) is 0 Å². The zero-order valence-electron chi connectivity index (χ0n) is 13.3. The number of benzene rings is 2. The number of H-pyrrole nitrogens is 1. The molecule has 0 aliphatic rings. The Morgan fingerprint density at radius 1 is 1.08 bits per heavy atom. The third-order valence-electron chi connectivity index (χ3n) is 4.21. The molecule has 120 valence electrons. The molecule has 4 rings (SSSR count). The molecule has 4 aromatic rings. The van der Waals surface area contributed by atoms with Crippen LogP contribution in [0.15, 0.2) is 60.1 Å². The zero-order chi connectivity index (χ0) is 16.4. The largest absolute Gasteiger partial charge is 0.361 e. The van der Waals surface area contributed by atoms with Gasteiger partial charge in [-0.25, -0.2) is 4.98 Å². The Labute approximate surface area is 145 Å². The fourth-order valence-corrected chi connectivity index (χ4v) is 3.82. The number of nitrogens with two attached hydrogens (primary N) is 1. The van der Waals surface area contributed by atoms with E-state index in [0.717, 1.165) is 29.1 Å². The normalized spacial score (nSPS) is 11.2. The van der Waals surface area contributed by atoms with Crippen LogP contribution in [0.3, 0.4) is 0 Å². The number of rotatable bonds is 5. The third kappa shape index (κ3) is 2.98. The Morgan fingerprint density at radius 3 is 2.79 bits per heavy atom. The van der Waals surface area contributed by atoms with Crippen molar-refractivity contribution in [2.75, 3.05) is 6.54 Å². The number of nitrogens with zero attached hydrogens (tertiary/aromatic N) is 1. The standard InChI is InChI=1S/C20H19N3S/c21-9-8-16-12-22-19-7-6-15(11-18(16)19)20-23-17(13-24-20)10-14-4-2-1-3-5-14/h1-7,11-13,22H,8-10,21H2. The van der Waals surface area contributed by atoms with E-state index in [9.17, 15) is 0 Å². The molecule has 0 fully saturated rings. The fraction of sp³-hybridized carbons (Fsp3) is 0.150. The van der Waals surface area contributed by atoms with Crippen molar-refractivity contribution in [3.63, 3.8) is 0 Å². The van der Waals surface area contributed by atoms with Crippen molar-refractivity contribution < 1.29 is 0 Å². The molecule has 3 nitrogen and oxygen atoms in total. The second-order valence-electron chi connectivity index (χ2n) is 5.92. The van der Waals surface area contributed by atoms with Crippen LogP contribution < -0.4 is 5.73 Å². The van der Waals surface area contributed by atoms with Gasteiger partial charge in [-0.15, -0.1) is 11.3 Å². The highest BCUT2D eigenvalue weighted by Gasteiger charge is 2.09. The molecule has 0 bridgehead atoms. The maximum Gasteiger partial charge on any atom is 0.123 e. The first-order valence-electron chi connectivity index (χ1n) is 8.12. The van der Waals surface area contributed by atoms with Crippen LogP contribution in [0.4, 0.5) is 0 Å². The van der Waals surface area contributed by atoms with E-state index in [1.165, 1.54) is 22.1 Å². The van der Waals surface area contributed by atoms with Gasteiger partial charge in [-0.3, -0.25) is 0 Å². The number of aromatic amines is 1. The molecule has 2 heterocycles. The molecule has 3 N–H and O–H groups in total. The maximum absolute atomic E-state index is 5.71. The summed E-state index contributed by atoms with van der Waals surface area (Å²) in [5, 5.41) is 4.48. The molecule has 0 spiro atoms. The summed E-state index contributed by atoms with van der Waals surface area (Å²) >= 11 is 1.71. The highest BCUT2D eigenvalue weighted by Crippen LogP contribution is 2.29. The molecular formula is C20H19N3S. The Hall–Kier alpha value is -2.43. The number of aromatic nitrogens is 2. The van der Waals surface area contributed by atoms with Crippen LogP contribution in [0.2, 0.25) is 0 Å². The van der Waals surface area contributed by atoms with Crippen LogP contribution in [-0.2, 0) is 12.8 Å². The Morgan fingerprint density at radius 2 is 1.96 bits per heavy atom. The molecule has 4 heteroatoms. The van der Waals surface area contributed by atoms with Crippen LogP contribution in [0.5, 0.6) is 0 Å². The van der Waals surface area contributed by atoms with Gasteiger partial charge < -0.3 is 10.7 Å². The summed E-state index contributed by atoms with van der Waals surface area (Å²) in [4.78, 5) is 8.14. The smallest absolute Gasteiger partial charge is 0.123 e. The van der Waals surface area contributed by atoms with Gasteiger partial charge in [0.25, 0.3) is 0 Å². The average molecular weight is 333 g/mol. The molecule has 0 unspecified atom stereocenters. The SMILES string of the molecule is NCCc1c[nH]c2ccc(-c3nc(Cc4ccccc4)cs3)cc12. The van der Waals surface area contributed by atoms with E-state index in [1.54, 1.807) is 11.3 Å². The molecule has 0 aliphatic carbocycles. The monoisotopic (exact) mass is 333 g/mol. The summed E-state index contributed by atoms with van der Waals surface area (Å²) < 4.78 is 0. The summed E-state index contributed by atoms with van der Waals surface area (Å²) in [6.45, 7) is 0.662. The molecule has 2 aromatic carbocycles. The second-order valence-corrected chi connectivity index (χ2v) is 6.78. The van der Waals surface area contributed by atoms with Gasteiger partial charge in [-0.2, -0.15) is 0 Å². The van der Waals surface area contributed by atoms with E-state index in [4.69, 9.17) is 10.7 Å². The van der Waals surface area contributed by atoms with Crippen molar-refractivity contribution >= 4 is 22.2 Å². The van der Waals surface area contributed by atoms with E-state index >= 15 is 0 Å². The van der Waals surface area contributed by atoms with Gasteiger partial charge in [0.2, 0.25) is 0 Å². The van der Waals surface area contributed by atoms with Crippen molar-refractivity contribution in [3.8, 4) is 10.6 Å². The lowest BCUT2D eigenvalue weighted by molar-refractivity contribution is 0.976. The summed E-state index contributed by atoms with van der Waals surface area (Å²) in [6.07, 6.45) is 3.83. The van der Waals surface area contributed by atoms with Crippen LogP contribution in [0.25, 0.3) is 21.5 Å². The van der Waals surface area contributed by atoms with E-state index in [2.05, 4.69) is 59.0 Å². The highest BCUT2D eigenvalue weighted by molar-refractivity contribution is 7.13. The quantitative estimate of drug-likeness (QED) is 0.569. The molecule has 0 aliphatic heterocycles. The predicted octanol–water partition coefficient (Wildman–Crippen LogP) is 4.38. The number of fused-ring (bicyclic) bond motifs is 1. The molecule has 24 heavy (non-hydrogen) atoms. The second kappa shape index (κ2) is 6.59. The molecule has 0 radical (unpaired) electrons. The number of nitrogens with one attached hydrogen (secondary N) is 1. The predicted molar refractivity (Wildman–Crippen MR) is 101 cm³/mol. The minimum atomic E-state index is 0.662. The minimum Gasteiger partial charge on any atom is -0.361 e. The molecule has 2 aromatic heterocycles. The third-order valence-corrected chi connectivity index (χ3v) is 5.15. The lowest BCUT2D eigenvalue weighted by Crippen LogP contribution is -2.01. The Kier molecular flexibility index (Phi) is 4.15. The van der Waals surface area contributed by atoms with Crippen molar-refractivity contribution in [2.24, 2.45) is 5.73 Å². The molecule has 0 saturated heterocycles. The first-order valence-corrected chi connectivity index (χ1v) is 9.00. The van der Waals surface area contributed by atoms with E-state index in [-0.39, 0.29) is 0 Å². The average Bonchev–Trinajstić information content (AvgIpc) is 3.23. The lowest BCUT2D eigenvalue weighted by Gasteiger charge is -2.00. The van der Waals surface area contributed by atoms with E-state index < -0.39 is 0 Å². The van der Waals surface area contributed by atoms with Crippen molar-refractivity contribution in [1.82, 2.24) is 9.97 Å². The lowest BCUT2D eigenvalue weighted by atomic mass is 10.1. The molecular weight excluding hydrogens is 314 g/mol. The van der Waals surface area contributed by atoms with Gasteiger partial charge in [0.1, 0.15) is 5.01 Å².